The van der Waals surface area contributed by atoms with Gasteiger partial charge < -0.3 is 10.1 Å². The predicted octanol–water partition coefficient (Wildman–Crippen LogP) is 6.55. The number of carbonyl (C=O) groups excluding carboxylic acids is 2. The van der Waals surface area contributed by atoms with Crippen LogP contribution >= 0.6 is 0 Å². The molecule has 3 aromatic rings. The third-order valence-electron chi connectivity index (χ3n) is 5.47. The molecule has 4 nitrogen and oxygen atoms in total. The van der Waals surface area contributed by atoms with Crippen molar-refractivity contribution in [2.45, 2.75) is 39.7 Å². The predicted molar refractivity (Wildman–Crippen MR) is 129 cm³/mol. The molecule has 0 saturated heterocycles. The van der Waals surface area contributed by atoms with Gasteiger partial charge in [0.2, 0.25) is 0 Å². The third kappa shape index (κ3) is 5.33. The fourth-order valence-corrected chi connectivity index (χ4v) is 3.43. The maximum Gasteiger partial charge on any atom is 0.252 e. The van der Waals surface area contributed by atoms with E-state index in [1.165, 1.54) is 5.56 Å². The molecule has 0 heterocycles. The van der Waals surface area contributed by atoms with Crippen molar-refractivity contribution in [3.8, 4) is 11.5 Å². The van der Waals surface area contributed by atoms with E-state index in [2.05, 4.69) is 18.8 Å². The first kappa shape index (κ1) is 23.0. The number of hydrogen-bond acceptors (Lipinski definition) is 3. The first-order valence-electron chi connectivity index (χ1n) is 10.7. The number of carbonyl (C=O) groups is 2. The maximum absolute atomic E-state index is 13.0. The highest BCUT2D eigenvalue weighted by Gasteiger charge is 2.25. The number of rotatable bonds is 8. The summed E-state index contributed by atoms with van der Waals surface area (Å²) in [4.78, 5) is 24.8. The monoisotopic (exact) mass is 427 g/mol. The molecule has 32 heavy (non-hydrogen) atoms. The summed E-state index contributed by atoms with van der Waals surface area (Å²) < 4.78 is 5.86. The molecular weight excluding hydrogens is 398 g/mol. The number of hydrogen-bond donors (Lipinski definition) is 1. The fraction of sp³-hybridized carbons (Fsp3) is 0.214. The maximum atomic E-state index is 13.0. The molecule has 0 saturated carbocycles. The Kier molecular flexibility index (Phi) is 6.94. The van der Waals surface area contributed by atoms with Gasteiger partial charge in [-0.2, -0.15) is 0 Å². The van der Waals surface area contributed by atoms with Crippen LogP contribution in [0.15, 0.2) is 73.3 Å². The highest BCUT2D eigenvalue weighted by atomic mass is 16.5. The van der Waals surface area contributed by atoms with Gasteiger partial charge in [0.1, 0.15) is 11.5 Å². The van der Waals surface area contributed by atoms with Crippen LogP contribution in [0.2, 0.25) is 0 Å². The zero-order chi connectivity index (χ0) is 23.3. The Bertz CT molecular complexity index is 1140. The summed E-state index contributed by atoms with van der Waals surface area (Å²) in [6.45, 7) is 11.9. The summed E-state index contributed by atoms with van der Waals surface area (Å²) in [5, 5.41) is 3.04. The topological polar surface area (TPSA) is 55.4 Å². The molecule has 0 fully saturated rings. The average molecular weight is 428 g/mol. The Morgan fingerprint density at radius 1 is 1.03 bits per heavy atom. The molecule has 164 valence electrons. The number of ether oxygens (including phenoxy) is 1. The molecule has 0 aliphatic rings. The van der Waals surface area contributed by atoms with E-state index in [4.69, 9.17) is 4.74 Å². The van der Waals surface area contributed by atoms with Gasteiger partial charge >= 0.3 is 0 Å². The van der Waals surface area contributed by atoms with Crippen LogP contribution in [-0.2, 0) is 12.0 Å². The summed E-state index contributed by atoms with van der Waals surface area (Å²) in [5.74, 6) is 0.854. The normalized spacial score (nSPS) is 11.0. The van der Waals surface area contributed by atoms with E-state index in [9.17, 15) is 9.59 Å². The van der Waals surface area contributed by atoms with Crippen molar-refractivity contribution in [1.29, 1.82) is 0 Å². The van der Waals surface area contributed by atoms with Gasteiger partial charge in [-0.1, -0.05) is 49.4 Å². The van der Waals surface area contributed by atoms with Crippen molar-refractivity contribution in [1.82, 2.24) is 5.32 Å². The number of benzene rings is 3. The van der Waals surface area contributed by atoms with E-state index in [1.807, 2.05) is 69.3 Å². The summed E-state index contributed by atoms with van der Waals surface area (Å²) in [5.41, 5.74) is 4.08. The molecule has 0 aromatic heterocycles. The van der Waals surface area contributed by atoms with Crippen molar-refractivity contribution < 1.29 is 14.3 Å². The lowest BCUT2D eigenvalue weighted by Gasteiger charge is -2.28. The van der Waals surface area contributed by atoms with Crippen LogP contribution in [-0.4, -0.2) is 12.2 Å². The fourth-order valence-electron chi connectivity index (χ4n) is 3.43. The van der Waals surface area contributed by atoms with Crippen molar-refractivity contribution in [3.05, 3.63) is 101 Å². The lowest BCUT2D eigenvalue weighted by Crippen LogP contribution is -2.41. The smallest absolute Gasteiger partial charge is 0.252 e. The van der Waals surface area contributed by atoms with E-state index < -0.39 is 5.54 Å². The Hall–Kier alpha value is -3.66. The Balaban J connectivity index is 1.80. The quantitative estimate of drug-likeness (QED) is 0.415. The van der Waals surface area contributed by atoms with Gasteiger partial charge in [0.15, 0.2) is 6.29 Å². The largest absolute Gasteiger partial charge is 0.457 e. The second-order valence-electron chi connectivity index (χ2n) is 8.41. The second-order valence-corrected chi connectivity index (χ2v) is 8.41. The molecule has 0 aliphatic heterocycles. The number of amides is 1. The molecule has 0 atom stereocenters. The number of aldehydes is 1. The first-order chi connectivity index (χ1) is 15.2. The average Bonchev–Trinajstić information content (AvgIpc) is 2.79. The highest BCUT2D eigenvalue weighted by molar-refractivity contribution is 6.02. The molecular formula is C28H29NO3. The Labute approximate surface area is 189 Å². The zero-order valence-corrected chi connectivity index (χ0v) is 19.1. The van der Waals surface area contributed by atoms with Crippen LogP contribution in [0.5, 0.6) is 11.5 Å². The van der Waals surface area contributed by atoms with Gasteiger partial charge in [0.25, 0.3) is 5.91 Å². The van der Waals surface area contributed by atoms with E-state index in [0.717, 1.165) is 23.1 Å². The molecule has 3 rings (SSSR count). The van der Waals surface area contributed by atoms with Gasteiger partial charge in [-0.3, -0.25) is 9.59 Å². The van der Waals surface area contributed by atoms with E-state index in [-0.39, 0.29) is 11.5 Å². The van der Waals surface area contributed by atoms with Gasteiger partial charge in [0.05, 0.1) is 11.1 Å². The van der Waals surface area contributed by atoms with Crippen LogP contribution in [0, 0.1) is 0 Å². The number of aryl methyl sites for hydroxylation is 1. The van der Waals surface area contributed by atoms with Crippen molar-refractivity contribution >= 4 is 17.8 Å². The Morgan fingerprint density at radius 2 is 1.72 bits per heavy atom. The highest BCUT2D eigenvalue weighted by Crippen LogP contribution is 2.27. The van der Waals surface area contributed by atoms with Crippen molar-refractivity contribution in [2.75, 3.05) is 0 Å². The van der Waals surface area contributed by atoms with Gasteiger partial charge in [-0.15, -0.1) is 0 Å². The molecule has 0 aliphatic carbocycles. The minimum absolute atomic E-state index is 0.275. The van der Waals surface area contributed by atoms with Gasteiger partial charge in [-0.25, -0.2) is 0 Å². The van der Waals surface area contributed by atoms with Crippen LogP contribution in [0.4, 0.5) is 0 Å². The summed E-state index contributed by atoms with van der Waals surface area (Å²) >= 11 is 0. The van der Waals surface area contributed by atoms with Crippen LogP contribution in [0.25, 0.3) is 5.57 Å². The molecule has 0 unspecified atom stereocenters. The lowest BCUT2D eigenvalue weighted by molar-refractivity contribution is 0.0907. The molecule has 1 N–H and O–H groups in total. The third-order valence-corrected chi connectivity index (χ3v) is 5.47. The number of nitrogens with one attached hydrogen (secondary N) is 1. The summed E-state index contributed by atoms with van der Waals surface area (Å²) in [7, 11) is 0. The molecule has 0 bridgehead atoms. The zero-order valence-electron chi connectivity index (χ0n) is 19.1. The van der Waals surface area contributed by atoms with Crippen LogP contribution < -0.4 is 10.1 Å². The van der Waals surface area contributed by atoms with E-state index >= 15 is 0 Å². The molecule has 0 spiro atoms. The minimum Gasteiger partial charge on any atom is -0.457 e. The summed E-state index contributed by atoms with van der Waals surface area (Å²) in [6.07, 6.45) is 1.63. The number of allylic oxidation sites excluding steroid dienone is 1. The minimum atomic E-state index is -0.640. The molecule has 3 aromatic carbocycles. The van der Waals surface area contributed by atoms with Crippen LogP contribution in [0.1, 0.15) is 65.1 Å². The second kappa shape index (κ2) is 9.65. The molecule has 1 amide bonds. The van der Waals surface area contributed by atoms with E-state index in [0.29, 0.717) is 23.3 Å². The molecule has 0 radical (unpaired) electrons. The first-order valence-corrected chi connectivity index (χ1v) is 10.7. The Morgan fingerprint density at radius 3 is 2.34 bits per heavy atom. The van der Waals surface area contributed by atoms with Crippen molar-refractivity contribution in [2.24, 2.45) is 0 Å². The van der Waals surface area contributed by atoms with Gasteiger partial charge in [-0.05, 0) is 80.3 Å². The molecule has 4 heteroatoms. The van der Waals surface area contributed by atoms with Crippen LogP contribution in [0.3, 0.4) is 0 Å². The summed E-state index contributed by atoms with van der Waals surface area (Å²) in [6, 6.07) is 20.6. The standard InChI is InChI=1S/C28H29NO3/c1-6-20-10-12-24(13-11-20)32-25-14-15-26(22(17-25)18-30)27(31)29-28(4,5)23-9-7-8-21(16-23)19(2)3/h7-18H,2,6H2,1,3-5H3,(H,29,31). The van der Waals surface area contributed by atoms with Gasteiger partial charge in [0, 0.05) is 5.56 Å². The SMILES string of the molecule is C=C(C)c1cccc(C(C)(C)NC(=O)c2ccc(Oc3ccc(CC)cc3)cc2C=O)c1. The van der Waals surface area contributed by atoms with E-state index in [1.54, 1.807) is 18.2 Å². The van der Waals surface area contributed by atoms with Crippen molar-refractivity contribution in [3.63, 3.8) is 0 Å². The lowest BCUT2D eigenvalue weighted by atomic mass is 9.91.